The molecule has 5 nitrogen and oxygen atoms in total. The van der Waals surface area contributed by atoms with Gasteiger partial charge in [-0.2, -0.15) is 0 Å². The molecule has 0 radical (unpaired) electrons. The number of ketones is 1. The number of aromatic nitrogens is 1. The van der Waals surface area contributed by atoms with Gasteiger partial charge >= 0.3 is 0 Å². The second-order valence-electron chi connectivity index (χ2n) is 8.45. The normalized spacial score (nSPS) is 11.8. The van der Waals surface area contributed by atoms with Gasteiger partial charge < -0.3 is 9.88 Å². The zero-order valence-electron chi connectivity index (χ0n) is 17.8. The Kier molecular flexibility index (Phi) is 6.44. The third-order valence-electron chi connectivity index (χ3n) is 4.49. The van der Waals surface area contributed by atoms with Crippen molar-refractivity contribution in [1.82, 2.24) is 14.8 Å². The molecule has 0 saturated heterocycles. The molecule has 0 spiro atoms. The fourth-order valence-corrected chi connectivity index (χ4v) is 3.25. The van der Waals surface area contributed by atoms with Crippen LogP contribution in [0, 0.1) is 26.6 Å². The highest BCUT2D eigenvalue weighted by molar-refractivity contribution is 5.99. The van der Waals surface area contributed by atoms with Crippen LogP contribution >= 0.6 is 0 Å². The molecule has 1 aromatic heterocycles. The molecule has 0 atom stereocenters. The second-order valence-corrected chi connectivity index (χ2v) is 8.45. The Hall–Kier alpha value is -2.47. The molecule has 0 fully saturated rings. The standard InChI is InChI=1S/C22H30FN3O2/c1-14-8-9-17(11-19(14)23)26-15(2)10-18(16(26)3)20(27)12-25(7)13-21(28)24-22(4,5)6/h8-11H,12-13H2,1-7H3,(H,24,28). The molecular formula is C22H30FN3O2. The van der Waals surface area contributed by atoms with Gasteiger partial charge in [-0.15, -0.1) is 0 Å². The van der Waals surface area contributed by atoms with Crippen molar-refractivity contribution in [2.45, 2.75) is 47.1 Å². The third kappa shape index (κ3) is 5.29. The highest BCUT2D eigenvalue weighted by Crippen LogP contribution is 2.23. The maximum atomic E-state index is 14.0. The molecule has 1 heterocycles. The van der Waals surface area contributed by atoms with E-state index in [0.29, 0.717) is 16.8 Å². The number of nitrogens with one attached hydrogen (secondary N) is 1. The lowest BCUT2D eigenvalue weighted by molar-refractivity contribution is -0.123. The SMILES string of the molecule is Cc1ccc(-n2c(C)cc(C(=O)CN(C)CC(=O)NC(C)(C)C)c2C)cc1F. The van der Waals surface area contributed by atoms with Crippen LogP contribution in [0.2, 0.25) is 0 Å². The molecule has 0 aliphatic heterocycles. The Labute approximate surface area is 166 Å². The van der Waals surface area contributed by atoms with Crippen LogP contribution in [0.4, 0.5) is 4.39 Å². The van der Waals surface area contributed by atoms with Crippen LogP contribution in [0.1, 0.15) is 48.1 Å². The van der Waals surface area contributed by atoms with Gasteiger partial charge in [0.05, 0.1) is 13.1 Å². The van der Waals surface area contributed by atoms with E-state index in [9.17, 15) is 14.0 Å². The van der Waals surface area contributed by atoms with Gasteiger partial charge in [0.1, 0.15) is 5.82 Å². The summed E-state index contributed by atoms with van der Waals surface area (Å²) in [5, 5.41) is 2.89. The highest BCUT2D eigenvalue weighted by atomic mass is 19.1. The van der Waals surface area contributed by atoms with E-state index in [1.54, 1.807) is 24.9 Å². The molecule has 1 N–H and O–H groups in total. The van der Waals surface area contributed by atoms with E-state index < -0.39 is 0 Å². The van der Waals surface area contributed by atoms with Crippen LogP contribution in [0.3, 0.4) is 0 Å². The van der Waals surface area contributed by atoms with Gasteiger partial charge in [0.2, 0.25) is 5.91 Å². The summed E-state index contributed by atoms with van der Waals surface area (Å²) in [4.78, 5) is 26.5. The van der Waals surface area contributed by atoms with Crippen LogP contribution in [0.25, 0.3) is 5.69 Å². The van der Waals surface area contributed by atoms with Crippen molar-refractivity contribution in [3.05, 3.63) is 52.6 Å². The van der Waals surface area contributed by atoms with Gasteiger partial charge in [0.15, 0.2) is 5.78 Å². The number of amides is 1. The van der Waals surface area contributed by atoms with Crippen LogP contribution in [-0.4, -0.2) is 46.8 Å². The van der Waals surface area contributed by atoms with Crippen LogP contribution in [-0.2, 0) is 4.79 Å². The van der Waals surface area contributed by atoms with Crippen molar-refractivity contribution in [3.8, 4) is 5.69 Å². The molecule has 6 heteroatoms. The van der Waals surface area contributed by atoms with E-state index in [2.05, 4.69) is 5.32 Å². The zero-order chi connectivity index (χ0) is 21.2. The van der Waals surface area contributed by atoms with Crippen molar-refractivity contribution in [1.29, 1.82) is 0 Å². The van der Waals surface area contributed by atoms with Gasteiger partial charge in [-0.25, -0.2) is 4.39 Å². The summed E-state index contributed by atoms with van der Waals surface area (Å²) in [6.45, 7) is 11.5. The zero-order valence-corrected chi connectivity index (χ0v) is 17.8. The molecule has 0 bridgehead atoms. The number of likely N-dealkylation sites (N-methyl/N-ethyl adjacent to an activating group) is 1. The van der Waals surface area contributed by atoms with E-state index in [1.165, 1.54) is 6.07 Å². The summed E-state index contributed by atoms with van der Waals surface area (Å²) in [7, 11) is 1.74. The Morgan fingerprint density at radius 2 is 1.75 bits per heavy atom. The molecule has 28 heavy (non-hydrogen) atoms. The molecule has 1 amide bonds. The number of hydrogen-bond donors (Lipinski definition) is 1. The minimum atomic E-state index is -0.309. The Balaban J connectivity index is 2.16. The minimum absolute atomic E-state index is 0.0713. The van der Waals surface area contributed by atoms with Crippen LogP contribution < -0.4 is 5.32 Å². The maximum absolute atomic E-state index is 14.0. The van der Waals surface area contributed by atoms with Gasteiger partial charge in [-0.1, -0.05) is 6.07 Å². The number of aryl methyl sites for hydroxylation is 2. The molecule has 0 saturated carbocycles. The Morgan fingerprint density at radius 1 is 1.11 bits per heavy atom. The summed E-state index contributed by atoms with van der Waals surface area (Å²) < 4.78 is 15.9. The van der Waals surface area contributed by atoms with Crippen LogP contribution in [0.15, 0.2) is 24.3 Å². The molecule has 2 aromatic rings. The summed E-state index contributed by atoms with van der Waals surface area (Å²) in [5.74, 6) is -0.469. The monoisotopic (exact) mass is 387 g/mol. The number of carbonyl (C=O) groups is 2. The number of carbonyl (C=O) groups excluding carboxylic acids is 2. The van der Waals surface area contributed by atoms with Crippen molar-refractivity contribution in [2.75, 3.05) is 20.1 Å². The topological polar surface area (TPSA) is 54.3 Å². The van der Waals surface area contributed by atoms with E-state index in [4.69, 9.17) is 0 Å². The first-order valence-electron chi connectivity index (χ1n) is 9.37. The number of nitrogens with zero attached hydrogens (tertiary/aromatic N) is 2. The molecule has 152 valence electrons. The number of hydrogen-bond acceptors (Lipinski definition) is 3. The van der Waals surface area contributed by atoms with E-state index >= 15 is 0 Å². The fraction of sp³-hybridized carbons (Fsp3) is 0.455. The first kappa shape index (κ1) is 21.8. The largest absolute Gasteiger partial charge is 0.350 e. The first-order valence-corrected chi connectivity index (χ1v) is 9.37. The first-order chi connectivity index (χ1) is 12.9. The van der Waals surface area contributed by atoms with E-state index in [1.807, 2.05) is 51.3 Å². The molecule has 0 aliphatic carbocycles. The Bertz CT molecular complexity index is 894. The lowest BCUT2D eigenvalue weighted by atomic mass is 10.1. The predicted octanol–water partition coefficient (Wildman–Crippen LogP) is 3.57. The third-order valence-corrected chi connectivity index (χ3v) is 4.49. The van der Waals surface area contributed by atoms with Gasteiger partial charge in [0.25, 0.3) is 0 Å². The molecular weight excluding hydrogens is 357 g/mol. The lowest BCUT2D eigenvalue weighted by Gasteiger charge is -2.23. The number of benzene rings is 1. The Morgan fingerprint density at radius 3 is 2.32 bits per heavy atom. The van der Waals surface area contributed by atoms with Crippen molar-refractivity contribution in [3.63, 3.8) is 0 Å². The second kappa shape index (κ2) is 8.27. The summed E-state index contributed by atoms with van der Waals surface area (Å²) >= 11 is 0. The van der Waals surface area contributed by atoms with Crippen molar-refractivity contribution < 1.29 is 14.0 Å². The highest BCUT2D eigenvalue weighted by Gasteiger charge is 2.20. The van der Waals surface area contributed by atoms with Gasteiger partial charge in [-0.05, 0) is 72.4 Å². The van der Waals surface area contributed by atoms with Crippen LogP contribution in [0.5, 0.6) is 0 Å². The minimum Gasteiger partial charge on any atom is -0.350 e. The van der Waals surface area contributed by atoms with E-state index in [0.717, 1.165) is 11.4 Å². The average molecular weight is 387 g/mol. The average Bonchev–Trinajstić information content (AvgIpc) is 2.83. The predicted molar refractivity (Wildman–Crippen MR) is 110 cm³/mol. The number of rotatable bonds is 6. The molecule has 1 aromatic carbocycles. The number of Topliss-reactive ketones (excluding diaryl/α,β-unsaturated/α-hetero) is 1. The molecule has 2 rings (SSSR count). The lowest BCUT2D eigenvalue weighted by Crippen LogP contribution is -2.45. The van der Waals surface area contributed by atoms with Crippen molar-refractivity contribution >= 4 is 11.7 Å². The molecule has 0 unspecified atom stereocenters. The fourth-order valence-electron chi connectivity index (χ4n) is 3.25. The maximum Gasteiger partial charge on any atom is 0.234 e. The summed E-state index contributed by atoms with van der Waals surface area (Å²) in [6.07, 6.45) is 0. The summed E-state index contributed by atoms with van der Waals surface area (Å²) in [6, 6.07) is 6.87. The summed E-state index contributed by atoms with van der Waals surface area (Å²) in [5.41, 5.74) is 3.17. The van der Waals surface area contributed by atoms with Gasteiger partial charge in [-0.3, -0.25) is 14.5 Å². The van der Waals surface area contributed by atoms with E-state index in [-0.39, 0.29) is 36.1 Å². The van der Waals surface area contributed by atoms with Crippen molar-refractivity contribution in [2.24, 2.45) is 0 Å². The number of halogens is 1. The van der Waals surface area contributed by atoms with Gasteiger partial charge in [0, 0.05) is 28.2 Å². The molecule has 0 aliphatic rings. The quantitative estimate of drug-likeness (QED) is 0.771. The smallest absolute Gasteiger partial charge is 0.234 e.